The molecular weight excluding hydrogens is 307 g/mol. The van der Waals surface area contributed by atoms with E-state index in [1.54, 1.807) is 18.2 Å². The van der Waals surface area contributed by atoms with E-state index in [2.05, 4.69) is 10.6 Å². The molecule has 110 valence electrons. The van der Waals surface area contributed by atoms with Gasteiger partial charge in [-0.2, -0.15) is 0 Å². The molecule has 0 unspecified atom stereocenters. The number of anilines is 2. The summed E-state index contributed by atoms with van der Waals surface area (Å²) in [5, 5.41) is 6.68. The molecule has 0 bridgehead atoms. The van der Waals surface area contributed by atoms with Gasteiger partial charge in [0.15, 0.2) is 0 Å². The van der Waals surface area contributed by atoms with E-state index >= 15 is 0 Å². The zero-order valence-electron chi connectivity index (χ0n) is 11.8. The van der Waals surface area contributed by atoms with Crippen LogP contribution in [0.4, 0.5) is 11.4 Å². The summed E-state index contributed by atoms with van der Waals surface area (Å²) < 4.78 is 0. The topological polar surface area (TPSA) is 41.1 Å². The zero-order valence-corrected chi connectivity index (χ0v) is 13.3. The zero-order chi connectivity index (χ0) is 15.4. The molecule has 1 amide bonds. The van der Waals surface area contributed by atoms with Crippen LogP contribution in [0.3, 0.4) is 0 Å². The van der Waals surface area contributed by atoms with Crippen LogP contribution in [0.2, 0.25) is 10.0 Å². The SMILES string of the molecule is Cc1ccc(NC(=O)CNc2cccc(Cl)c2Cl)cc1C. The van der Waals surface area contributed by atoms with Crippen LogP contribution in [0.25, 0.3) is 0 Å². The molecule has 0 radical (unpaired) electrons. The number of benzene rings is 2. The van der Waals surface area contributed by atoms with Gasteiger partial charge in [-0.15, -0.1) is 0 Å². The lowest BCUT2D eigenvalue weighted by molar-refractivity contribution is -0.114. The van der Waals surface area contributed by atoms with Gasteiger partial charge < -0.3 is 10.6 Å². The van der Waals surface area contributed by atoms with Gasteiger partial charge in [-0.1, -0.05) is 35.3 Å². The molecule has 5 heteroatoms. The number of carbonyl (C=O) groups is 1. The maximum absolute atomic E-state index is 11.9. The smallest absolute Gasteiger partial charge is 0.243 e. The summed E-state index contributed by atoms with van der Waals surface area (Å²) in [4.78, 5) is 11.9. The second kappa shape index (κ2) is 6.83. The maximum Gasteiger partial charge on any atom is 0.243 e. The highest BCUT2D eigenvalue weighted by Gasteiger charge is 2.07. The van der Waals surface area contributed by atoms with Crippen molar-refractivity contribution in [3.8, 4) is 0 Å². The number of amides is 1. The summed E-state index contributed by atoms with van der Waals surface area (Å²) in [5.74, 6) is -0.144. The molecular formula is C16H16Cl2N2O. The number of rotatable bonds is 4. The molecule has 21 heavy (non-hydrogen) atoms. The lowest BCUT2D eigenvalue weighted by Crippen LogP contribution is -2.21. The Morgan fingerprint density at radius 1 is 1.10 bits per heavy atom. The van der Waals surface area contributed by atoms with Gasteiger partial charge in [0.1, 0.15) is 0 Å². The number of aryl methyl sites for hydroxylation is 2. The molecule has 0 fully saturated rings. The fourth-order valence-corrected chi connectivity index (χ4v) is 2.21. The van der Waals surface area contributed by atoms with E-state index in [0.29, 0.717) is 15.7 Å². The summed E-state index contributed by atoms with van der Waals surface area (Å²) in [6.45, 7) is 4.16. The van der Waals surface area contributed by atoms with Crippen LogP contribution in [0, 0.1) is 13.8 Å². The Hall–Kier alpha value is -1.71. The van der Waals surface area contributed by atoms with E-state index in [0.717, 1.165) is 11.3 Å². The first kappa shape index (κ1) is 15.7. The minimum absolute atomic E-state index is 0.118. The second-order valence-electron chi connectivity index (χ2n) is 4.80. The third-order valence-corrected chi connectivity index (χ3v) is 4.00. The summed E-state index contributed by atoms with van der Waals surface area (Å²) in [7, 11) is 0. The van der Waals surface area contributed by atoms with E-state index in [1.807, 2.05) is 32.0 Å². The maximum atomic E-state index is 11.9. The number of nitrogens with one attached hydrogen (secondary N) is 2. The molecule has 2 aromatic carbocycles. The van der Waals surface area contributed by atoms with Crippen molar-refractivity contribution in [3.05, 3.63) is 57.6 Å². The van der Waals surface area contributed by atoms with Gasteiger partial charge in [-0.05, 0) is 49.2 Å². The van der Waals surface area contributed by atoms with Crippen molar-refractivity contribution in [2.24, 2.45) is 0 Å². The van der Waals surface area contributed by atoms with E-state index < -0.39 is 0 Å². The Balaban J connectivity index is 1.96. The van der Waals surface area contributed by atoms with Crippen molar-refractivity contribution in [3.63, 3.8) is 0 Å². The van der Waals surface area contributed by atoms with Crippen molar-refractivity contribution in [1.29, 1.82) is 0 Å². The van der Waals surface area contributed by atoms with Crippen molar-refractivity contribution >= 4 is 40.5 Å². The van der Waals surface area contributed by atoms with Crippen molar-refractivity contribution < 1.29 is 4.79 Å². The molecule has 2 aromatic rings. The van der Waals surface area contributed by atoms with Crippen molar-refractivity contribution in [2.75, 3.05) is 17.2 Å². The van der Waals surface area contributed by atoms with Crippen LogP contribution in [0.15, 0.2) is 36.4 Å². The first-order valence-electron chi connectivity index (χ1n) is 6.52. The van der Waals surface area contributed by atoms with Gasteiger partial charge in [0.25, 0.3) is 0 Å². The fraction of sp³-hybridized carbons (Fsp3) is 0.188. The first-order valence-corrected chi connectivity index (χ1v) is 7.28. The predicted octanol–water partition coefficient (Wildman–Crippen LogP) is 4.66. The Morgan fingerprint density at radius 2 is 1.86 bits per heavy atom. The van der Waals surface area contributed by atoms with Crippen LogP contribution < -0.4 is 10.6 Å². The number of carbonyl (C=O) groups excluding carboxylic acids is 1. The first-order chi connectivity index (χ1) is 9.97. The third-order valence-electron chi connectivity index (χ3n) is 3.18. The van der Waals surface area contributed by atoms with Crippen LogP contribution in [0.1, 0.15) is 11.1 Å². The number of hydrogen-bond donors (Lipinski definition) is 2. The Kier molecular flexibility index (Phi) is 5.10. The second-order valence-corrected chi connectivity index (χ2v) is 5.59. The minimum atomic E-state index is -0.144. The fourth-order valence-electron chi connectivity index (χ4n) is 1.84. The molecule has 0 aliphatic rings. The predicted molar refractivity (Wildman–Crippen MR) is 89.5 cm³/mol. The standard InChI is InChI=1S/C16H16Cl2N2O/c1-10-6-7-12(8-11(10)2)20-15(21)9-19-14-5-3-4-13(17)16(14)18/h3-8,19H,9H2,1-2H3,(H,20,21). The molecule has 0 atom stereocenters. The minimum Gasteiger partial charge on any atom is -0.375 e. The largest absolute Gasteiger partial charge is 0.375 e. The molecule has 0 spiro atoms. The van der Waals surface area contributed by atoms with Gasteiger partial charge >= 0.3 is 0 Å². The van der Waals surface area contributed by atoms with Crippen molar-refractivity contribution in [1.82, 2.24) is 0 Å². The van der Waals surface area contributed by atoms with Gasteiger partial charge in [0, 0.05) is 5.69 Å². The molecule has 3 nitrogen and oxygen atoms in total. The Morgan fingerprint density at radius 3 is 2.57 bits per heavy atom. The lowest BCUT2D eigenvalue weighted by atomic mass is 10.1. The summed E-state index contributed by atoms with van der Waals surface area (Å²) in [6.07, 6.45) is 0. The quantitative estimate of drug-likeness (QED) is 0.859. The van der Waals surface area contributed by atoms with E-state index in [4.69, 9.17) is 23.2 Å². The van der Waals surface area contributed by atoms with Crippen LogP contribution in [0.5, 0.6) is 0 Å². The highest BCUT2D eigenvalue weighted by atomic mass is 35.5. The van der Waals surface area contributed by atoms with Gasteiger partial charge in [-0.3, -0.25) is 4.79 Å². The van der Waals surface area contributed by atoms with E-state index in [9.17, 15) is 4.79 Å². The van der Waals surface area contributed by atoms with Crippen molar-refractivity contribution in [2.45, 2.75) is 13.8 Å². The molecule has 0 saturated heterocycles. The third kappa shape index (κ3) is 4.13. The van der Waals surface area contributed by atoms with Gasteiger partial charge in [-0.25, -0.2) is 0 Å². The van der Waals surface area contributed by atoms with Gasteiger partial charge in [0.05, 0.1) is 22.3 Å². The number of hydrogen-bond acceptors (Lipinski definition) is 2. The summed E-state index contributed by atoms with van der Waals surface area (Å²) in [5.41, 5.74) is 3.75. The Bertz CT molecular complexity index is 671. The monoisotopic (exact) mass is 322 g/mol. The average Bonchev–Trinajstić information content (AvgIpc) is 2.44. The molecule has 0 aliphatic carbocycles. The lowest BCUT2D eigenvalue weighted by Gasteiger charge is -2.10. The number of halogens is 2. The van der Waals surface area contributed by atoms with E-state index in [-0.39, 0.29) is 12.5 Å². The summed E-state index contributed by atoms with van der Waals surface area (Å²) >= 11 is 12.0. The summed E-state index contributed by atoms with van der Waals surface area (Å²) in [6, 6.07) is 11.1. The molecule has 0 aliphatic heterocycles. The van der Waals surface area contributed by atoms with Crippen LogP contribution in [-0.4, -0.2) is 12.5 Å². The van der Waals surface area contributed by atoms with Crippen LogP contribution >= 0.6 is 23.2 Å². The molecule has 0 heterocycles. The molecule has 2 rings (SSSR count). The average molecular weight is 323 g/mol. The van der Waals surface area contributed by atoms with E-state index in [1.165, 1.54) is 5.56 Å². The highest BCUT2D eigenvalue weighted by molar-refractivity contribution is 6.43. The normalized spacial score (nSPS) is 10.3. The molecule has 2 N–H and O–H groups in total. The molecule has 0 saturated carbocycles. The Labute approximate surface area is 134 Å². The van der Waals surface area contributed by atoms with Gasteiger partial charge in [0.2, 0.25) is 5.91 Å². The highest BCUT2D eigenvalue weighted by Crippen LogP contribution is 2.29. The van der Waals surface area contributed by atoms with Crippen LogP contribution in [-0.2, 0) is 4.79 Å². The molecule has 0 aromatic heterocycles.